The van der Waals surface area contributed by atoms with Gasteiger partial charge in [0.15, 0.2) is 0 Å². The Morgan fingerprint density at radius 1 is 0.854 bits per heavy atom. The summed E-state index contributed by atoms with van der Waals surface area (Å²) in [5.41, 5.74) is 2.42. The summed E-state index contributed by atoms with van der Waals surface area (Å²) in [6.07, 6.45) is 8.88. The van der Waals surface area contributed by atoms with Crippen molar-refractivity contribution in [3.05, 3.63) is 47.6 Å². The Morgan fingerprint density at radius 3 is 1.51 bits per heavy atom. The summed E-state index contributed by atoms with van der Waals surface area (Å²) in [4.78, 5) is 49.9. The summed E-state index contributed by atoms with van der Waals surface area (Å²) in [7, 11) is 6.38. The van der Waals surface area contributed by atoms with E-state index < -0.39 is 16.8 Å². The normalized spacial score (nSPS) is 16.6. The molecule has 0 atom stereocenters. The highest BCUT2D eigenvalue weighted by Crippen LogP contribution is 2.36. The van der Waals surface area contributed by atoms with Crippen molar-refractivity contribution in [2.75, 3.05) is 54.7 Å². The highest BCUT2D eigenvalue weighted by Gasteiger charge is 2.44. The lowest BCUT2D eigenvalue weighted by molar-refractivity contribution is -0.179. The third-order valence-corrected chi connectivity index (χ3v) is 6.94. The van der Waals surface area contributed by atoms with E-state index in [-0.39, 0.29) is 25.7 Å². The molecule has 2 aliphatic heterocycles. The van der Waals surface area contributed by atoms with Crippen LogP contribution in [0.5, 0.6) is 0 Å². The summed E-state index contributed by atoms with van der Waals surface area (Å²) in [5, 5.41) is 10.7. The van der Waals surface area contributed by atoms with Gasteiger partial charge in [-0.25, -0.2) is 30.5 Å². The van der Waals surface area contributed by atoms with Crippen molar-refractivity contribution in [3.63, 3.8) is 0 Å². The van der Waals surface area contributed by atoms with Gasteiger partial charge in [0.25, 0.3) is 5.91 Å². The van der Waals surface area contributed by atoms with Crippen LogP contribution in [0.25, 0.3) is 0 Å². The minimum atomic E-state index is -0.869. The van der Waals surface area contributed by atoms with Gasteiger partial charge in [0.05, 0.1) is 19.6 Å². The van der Waals surface area contributed by atoms with Gasteiger partial charge in [-0.05, 0) is 39.5 Å². The number of hydrogen-bond acceptors (Lipinski definition) is 11. The van der Waals surface area contributed by atoms with Gasteiger partial charge >= 0.3 is 5.97 Å². The van der Waals surface area contributed by atoms with E-state index in [2.05, 4.69) is 30.3 Å². The Balaban J connectivity index is 0.000000668. The van der Waals surface area contributed by atoms with E-state index >= 15 is 0 Å². The Kier molecular flexibility index (Phi) is 17.3. The lowest BCUT2D eigenvalue weighted by Crippen LogP contribution is -2.48. The van der Waals surface area contributed by atoms with E-state index in [1.807, 2.05) is 6.92 Å². The number of amides is 1. The number of hydroxylamine groups is 3. The van der Waals surface area contributed by atoms with Crippen LogP contribution in [0.1, 0.15) is 55.9 Å². The fourth-order valence-electron chi connectivity index (χ4n) is 4.36. The highest BCUT2D eigenvalue weighted by atomic mass is 35.5. The molecule has 0 aliphatic carbocycles. The summed E-state index contributed by atoms with van der Waals surface area (Å²) in [6, 6.07) is 0. The zero-order chi connectivity index (χ0) is 28.9. The van der Waals surface area contributed by atoms with E-state index in [1.54, 1.807) is 52.9 Å². The maximum Gasteiger partial charge on any atom is 0.314 e. The molecule has 0 saturated carbocycles. The van der Waals surface area contributed by atoms with Gasteiger partial charge in [0.1, 0.15) is 17.1 Å². The number of carbonyl (C=O) groups excluding carboxylic acids is 1. The number of carboxylic acids is 1. The number of aryl methyl sites for hydroxylation is 2. The van der Waals surface area contributed by atoms with Crippen LogP contribution in [0.2, 0.25) is 0 Å². The molecule has 2 aliphatic rings. The smallest absolute Gasteiger partial charge is 0.314 e. The number of halogens is 1. The standard InChI is InChI=1S/C13H19N3O3.C11H14N2O3.C2H7NO.CH4.ClH/c1-10-14-8-11(9-15-10)13(4-6-19-7-5-13)12(17)16(2)18-3;1-8-12-6-9(7-13-8)11(10(14)15)2-4-16-5-3-11;1-3-4-2;;/h8-9H,4-7H2,1-3H3;6-7H,2-5H2,1H3,(H,14,15);3H,1-2H3;1H4;1H. The lowest BCUT2D eigenvalue weighted by Gasteiger charge is -2.37. The zero-order valence-electron chi connectivity index (χ0n) is 24.0. The van der Waals surface area contributed by atoms with E-state index in [1.165, 1.54) is 12.2 Å². The lowest BCUT2D eigenvalue weighted by atomic mass is 9.74. The Labute approximate surface area is 248 Å². The highest BCUT2D eigenvalue weighted by molar-refractivity contribution is 5.87. The van der Waals surface area contributed by atoms with E-state index in [4.69, 9.17) is 14.3 Å². The van der Waals surface area contributed by atoms with Crippen LogP contribution in [-0.4, -0.2) is 96.7 Å². The van der Waals surface area contributed by atoms with Gasteiger partial charge in [0, 0.05) is 76.4 Å². The Bertz CT molecular complexity index is 1030. The van der Waals surface area contributed by atoms with E-state index in [0.29, 0.717) is 69.3 Å². The molecule has 2 fully saturated rings. The SMILES string of the molecule is C.CNOC.CON(C)C(=O)C1(c2cnc(C)nc2)CCOCC1.Cc1ncc(C2(C(=O)O)CCOCC2)cn1.Cl. The largest absolute Gasteiger partial charge is 0.481 e. The van der Waals surface area contributed by atoms with Crippen LogP contribution >= 0.6 is 12.4 Å². The number of rotatable bonds is 6. The zero-order valence-corrected chi connectivity index (χ0v) is 24.8. The average molecular weight is 601 g/mol. The maximum absolute atomic E-state index is 12.6. The van der Waals surface area contributed by atoms with Crippen molar-refractivity contribution < 1.29 is 33.8 Å². The molecule has 13 nitrogen and oxygen atoms in total. The van der Waals surface area contributed by atoms with Gasteiger partial charge in [-0.3, -0.25) is 14.4 Å². The van der Waals surface area contributed by atoms with Crippen LogP contribution in [0.15, 0.2) is 24.8 Å². The summed E-state index contributed by atoms with van der Waals surface area (Å²) < 4.78 is 10.6. The first-order chi connectivity index (χ1) is 18.7. The molecular weight excluding hydrogens is 556 g/mol. The number of carboxylic acid groups (broad SMARTS) is 1. The fourth-order valence-corrected chi connectivity index (χ4v) is 4.36. The fraction of sp³-hybridized carbons (Fsp3) is 0.630. The molecule has 0 spiro atoms. The number of carbonyl (C=O) groups is 2. The summed E-state index contributed by atoms with van der Waals surface area (Å²) in [6.45, 7) is 5.65. The molecule has 41 heavy (non-hydrogen) atoms. The van der Waals surface area contributed by atoms with Crippen LogP contribution in [0.4, 0.5) is 0 Å². The van der Waals surface area contributed by atoms with Crippen LogP contribution in [0, 0.1) is 13.8 Å². The van der Waals surface area contributed by atoms with Crippen molar-refractivity contribution in [2.24, 2.45) is 0 Å². The second-order valence-corrected chi connectivity index (χ2v) is 9.13. The molecule has 4 heterocycles. The minimum absolute atomic E-state index is 0. The topological polar surface area (TPSA) is 158 Å². The number of nitrogens with one attached hydrogen (secondary N) is 1. The molecule has 0 unspecified atom stereocenters. The van der Waals surface area contributed by atoms with Crippen LogP contribution in [-0.2, 0) is 39.6 Å². The predicted molar refractivity (Wildman–Crippen MR) is 154 cm³/mol. The van der Waals surface area contributed by atoms with Crippen molar-refractivity contribution in [1.82, 2.24) is 30.5 Å². The summed E-state index contributed by atoms with van der Waals surface area (Å²) in [5.74, 6) is 0.448. The minimum Gasteiger partial charge on any atom is -0.481 e. The second kappa shape index (κ2) is 18.6. The summed E-state index contributed by atoms with van der Waals surface area (Å²) >= 11 is 0. The first-order valence-corrected chi connectivity index (χ1v) is 12.7. The number of aliphatic carboxylic acids is 1. The molecule has 2 aromatic rings. The van der Waals surface area contributed by atoms with Crippen molar-refractivity contribution in [1.29, 1.82) is 0 Å². The average Bonchev–Trinajstić information content (AvgIpc) is 2.98. The Hall–Kier alpha value is -2.81. The van der Waals surface area contributed by atoms with Crippen LogP contribution in [0.3, 0.4) is 0 Å². The molecule has 14 heteroatoms. The van der Waals surface area contributed by atoms with Gasteiger partial charge in [-0.2, -0.15) is 0 Å². The van der Waals surface area contributed by atoms with Crippen molar-refractivity contribution in [3.8, 4) is 0 Å². The third-order valence-electron chi connectivity index (χ3n) is 6.94. The number of aromatic nitrogens is 4. The van der Waals surface area contributed by atoms with Crippen molar-refractivity contribution >= 4 is 24.3 Å². The van der Waals surface area contributed by atoms with Gasteiger partial charge < -0.3 is 19.4 Å². The number of ether oxygens (including phenoxy) is 2. The molecule has 2 aromatic heterocycles. The first kappa shape index (κ1) is 38.2. The molecule has 232 valence electrons. The molecule has 0 aromatic carbocycles. The predicted octanol–water partition coefficient (Wildman–Crippen LogP) is 2.60. The maximum atomic E-state index is 12.6. The number of likely N-dealkylation sites (N-methyl/N-ethyl adjacent to an activating group) is 1. The third kappa shape index (κ3) is 9.90. The number of hydrogen-bond donors (Lipinski definition) is 2. The molecule has 1 amide bonds. The number of nitrogens with zero attached hydrogens (tertiary/aromatic N) is 5. The Morgan fingerprint density at radius 2 is 1.20 bits per heavy atom. The van der Waals surface area contributed by atoms with Crippen molar-refractivity contribution in [2.45, 2.75) is 57.8 Å². The molecule has 2 saturated heterocycles. The van der Waals surface area contributed by atoms with E-state index in [9.17, 15) is 14.7 Å². The van der Waals surface area contributed by atoms with Gasteiger partial charge in [0.2, 0.25) is 0 Å². The van der Waals surface area contributed by atoms with Gasteiger partial charge in [-0.15, -0.1) is 12.4 Å². The molecular formula is C27H45ClN6O7. The molecule has 4 rings (SSSR count). The van der Waals surface area contributed by atoms with Crippen LogP contribution < -0.4 is 5.48 Å². The first-order valence-electron chi connectivity index (χ1n) is 12.7. The van der Waals surface area contributed by atoms with Gasteiger partial charge in [-0.1, -0.05) is 7.43 Å². The second-order valence-electron chi connectivity index (χ2n) is 9.13. The molecule has 2 N–H and O–H groups in total. The van der Waals surface area contributed by atoms with E-state index in [0.717, 1.165) is 5.56 Å². The molecule has 0 radical (unpaired) electrons. The quantitative estimate of drug-likeness (QED) is 0.467. The monoisotopic (exact) mass is 600 g/mol. The molecule has 0 bridgehead atoms.